The van der Waals surface area contributed by atoms with Crippen LogP contribution in [0.2, 0.25) is 0 Å². The molecule has 0 aliphatic carbocycles. The van der Waals surface area contributed by atoms with E-state index in [-0.39, 0.29) is 17.6 Å². The summed E-state index contributed by atoms with van der Waals surface area (Å²) < 4.78 is 5.71. The number of ether oxygens (including phenoxy) is 1. The summed E-state index contributed by atoms with van der Waals surface area (Å²) in [5.41, 5.74) is 0.836. The molecule has 1 amide bonds. The standard InChI is InChI=1S/C21H34N4O2/c1-3-17(2)25-11-7-21(8-12-25,15-18-6-4-5-9-23-18)24-20(26)14-19-16-22-10-13-27-19/h4-6,9,17,19,22H,3,7-8,10-16H2,1-2H3,(H,24,26). The summed E-state index contributed by atoms with van der Waals surface area (Å²) in [6.45, 7) is 8.86. The molecular weight excluding hydrogens is 340 g/mol. The normalized spacial score (nSPS) is 24.3. The number of hydrogen-bond donors (Lipinski definition) is 2. The Balaban J connectivity index is 1.65. The predicted octanol–water partition coefficient (Wildman–Crippen LogP) is 1.75. The van der Waals surface area contributed by atoms with Crippen molar-refractivity contribution in [3.05, 3.63) is 30.1 Å². The van der Waals surface area contributed by atoms with Crippen LogP contribution in [-0.2, 0) is 16.0 Å². The Kier molecular flexibility index (Phi) is 7.21. The maximum absolute atomic E-state index is 12.8. The van der Waals surface area contributed by atoms with Gasteiger partial charge in [-0.2, -0.15) is 0 Å². The minimum absolute atomic E-state index is 0.0224. The van der Waals surface area contributed by atoms with Crippen LogP contribution in [-0.4, -0.2) is 66.3 Å². The van der Waals surface area contributed by atoms with Crippen molar-refractivity contribution in [2.75, 3.05) is 32.8 Å². The average molecular weight is 375 g/mol. The molecule has 1 aromatic heterocycles. The van der Waals surface area contributed by atoms with Gasteiger partial charge in [-0.15, -0.1) is 0 Å². The fraction of sp³-hybridized carbons (Fsp3) is 0.714. The largest absolute Gasteiger partial charge is 0.375 e. The van der Waals surface area contributed by atoms with E-state index in [1.807, 2.05) is 18.3 Å². The van der Waals surface area contributed by atoms with E-state index in [9.17, 15) is 4.79 Å². The molecule has 3 rings (SSSR count). The SMILES string of the molecule is CCC(C)N1CCC(Cc2ccccn2)(NC(=O)CC2CNCCO2)CC1. The van der Waals surface area contributed by atoms with Crippen molar-refractivity contribution in [2.45, 2.75) is 63.6 Å². The Morgan fingerprint density at radius 1 is 1.44 bits per heavy atom. The summed E-state index contributed by atoms with van der Waals surface area (Å²) in [6.07, 6.45) is 6.11. The minimum Gasteiger partial charge on any atom is -0.375 e. The number of hydrogen-bond acceptors (Lipinski definition) is 5. The molecule has 1 aromatic rings. The zero-order chi connectivity index (χ0) is 19.1. The second-order valence-corrected chi connectivity index (χ2v) is 8.02. The Labute approximate surface area is 163 Å². The quantitative estimate of drug-likeness (QED) is 0.761. The number of piperidine rings is 1. The van der Waals surface area contributed by atoms with Crippen LogP contribution in [0.1, 0.15) is 45.2 Å². The Morgan fingerprint density at radius 3 is 2.89 bits per heavy atom. The van der Waals surface area contributed by atoms with Crippen molar-refractivity contribution >= 4 is 5.91 Å². The van der Waals surface area contributed by atoms with Crippen LogP contribution in [0.5, 0.6) is 0 Å². The molecule has 2 aliphatic rings. The predicted molar refractivity (Wildman–Crippen MR) is 107 cm³/mol. The molecule has 0 radical (unpaired) electrons. The molecule has 0 aromatic carbocycles. The van der Waals surface area contributed by atoms with Crippen molar-refractivity contribution in [3.8, 4) is 0 Å². The van der Waals surface area contributed by atoms with Crippen LogP contribution in [0.4, 0.5) is 0 Å². The molecule has 2 N–H and O–H groups in total. The van der Waals surface area contributed by atoms with Crippen LogP contribution >= 0.6 is 0 Å². The van der Waals surface area contributed by atoms with Gasteiger partial charge in [-0.1, -0.05) is 13.0 Å². The summed E-state index contributed by atoms with van der Waals surface area (Å²) in [5.74, 6) is 0.0941. The van der Waals surface area contributed by atoms with E-state index < -0.39 is 0 Å². The van der Waals surface area contributed by atoms with Gasteiger partial charge in [0.15, 0.2) is 0 Å². The molecule has 6 nitrogen and oxygen atoms in total. The number of aromatic nitrogens is 1. The van der Waals surface area contributed by atoms with Crippen molar-refractivity contribution in [1.82, 2.24) is 20.5 Å². The molecule has 0 saturated carbocycles. The molecule has 2 aliphatic heterocycles. The molecule has 2 saturated heterocycles. The van der Waals surface area contributed by atoms with Gasteiger partial charge in [0, 0.05) is 56.1 Å². The van der Waals surface area contributed by atoms with Crippen molar-refractivity contribution < 1.29 is 9.53 Å². The molecule has 0 bridgehead atoms. The van der Waals surface area contributed by atoms with Gasteiger partial charge < -0.3 is 20.3 Å². The third-order valence-electron chi connectivity index (χ3n) is 6.04. The first-order valence-corrected chi connectivity index (χ1v) is 10.4. The number of likely N-dealkylation sites (tertiary alicyclic amines) is 1. The number of rotatable bonds is 7. The molecule has 150 valence electrons. The maximum Gasteiger partial charge on any atom is 0.223 e. The lowest BCUT2D eigenvalue weighted by Crippen LogP contribution is -2.58. The second kappa shape index (κ2) is 9.62. The van der Waals surface area contributed by atoms with Gasteiger partial charge in [0.1, 0.15) is 0 Å². The molecule has 2 fully saturated rings. The fourth-order valence-electron chi connectivity index (χ4n) is 4.15. The highest BCUT2D eigenvalue weighted by Crippen LogP contribution is 2.28. The third-order valence-corrected chi connectivity index (χ3v) is 6.04. The first-order valence-electron chi connectivity index (χ1n) is 10.4. The van der Waals surface area contributed by atoms with E-state index in [4.69, 9.17) is 4.74 Å². The molecule has 27 heavy (non-hydrogen) atoms. The number of pyridine rings is 1. The lowest BCUT2D eigenvalue weighted by atomic mass is 9.82. The van der Waals surface area contributed by atoms with Crippen LogP contribution in [0.3, 0.4) is 0 Å². The number of morpholine rings is 1. The fourth-order valence-corrected chi connectivity index (χ4v) is 4.15. The van der Waals surface area contributed by atoms with Gasteiger partial charge >= 0.3 is 0 Å². The summed E-state index contributed by atoms with van der Waals surface area (Å²) in [7, 11) is 0. The lowest BCUT2D eigenvalue weighted by Gasteiger charge is -2.44. The monoisotopic (exact) mass is 374 g/mol. The molecule has 0 spiro atoms. The lowest BCUT2D eigenvalue weighted by molar-refractivity contribution is -0.127. The molecule has 3 heterocycles. The Morgan fingerprint density at radius 2 is 2.26 bits per heavy atom. The number of amides is 1. The number of carbonyl (C=O) groups is 1. The van der Waals surface area contributed by atoms with Crippen molar-refractivity contribution in [1.29, 1.82) is 0 Å². The van der Waals surface area contributed by atoms with Gasteiger partial charge in [0.2, 0.25) is 5.91 Å². The summed E-state index contributed by atoms with van der Waals surface area (Å²) >= 11 is 0. The van der Waals surface area contributed by atoms with Crippen molar-refractivity contribution in [2.24, 2.45) is 0 Å². The molecule has 2 atom stereocenters. The molecule has 6 heteroatoms. The topological polar surface area (TPSA) is 66.5 Å². The molecular formula is C21H34N4O2. The Hall–Kier alpha value is -1.50. The first-order chi connectivity index (χ1) is 13.1. The summed E-state index contributed by atoms with van der Waals surface area (Å²) in [5, 5.41) is 6.69. The highest BCUT2D eigenvalue weighted by Gasteiger charge is 2.37. The van der Waals surface area contributed by atoms with Crippen LogP contribution in [0.25, 0.3) is 0 Å². The zero-order valence-electron chi connectivity index (χ0n) is 16.7. The minimum atomic E-state index is -0.211. The first kappa shape index (κ1) is 20.2. The van der Waals surface area contributed by atoms with Gasteiger partial charge in [0.25, 0.3) is 0 Å². The second-order valence-electron chi connectivity index (χ2n) is 8.02. The zero-order valence-corrected chi connectivity index (χ0v) is 16.7. The number of nitrogens with zero attached hydrogens (tertiary/aromatic N) is 2. The Bertz CT molecular complexity index is 581. The van der Waals surface area contributed by atoms with E-state index >= 15 is 0 Å². The van der Waals surface area contributed by atoms with E-state index in [1.54, 1.807) is 0 Å². The van der Waals surface area contributed by atoms with Crippen LogP contribution in [0, 0.1) is 0 Å². The van der Waals surface area contributed by atoms with E-state index in [1.165, 1.54) is 0 Å². The van der Waals surface area contributed by atoms with E-state index in [2.05, 4.69) is 40.4 Å². The van der Waals surface area contributed by atoms with E-state index in [0.29, 0.717) is 19.1 Å². The van der Waals surface area contributed by atoms with Crippen LogP contribution in [0.15, 0.2) is 24.4 Å². The van der Waals surface area contributed by atoms with E-state index in [0.717, 1.165) is 57.6 Å². The average Bonchev–Trinajstić information content (AvgIpc) is 2.69. The highest BCUT2D eigenvalue weighted by molar-refractivity contribution is 5.77. The van der Waals surface area contributed by atoms with Gasteiger partial charge in [0.05, 0.1) is 19.1 Å². The molecule has 2 unspecified atom stereocenters. The maximum atomic E-state index is 12.8. The van der Waals surface area contributed by atoms with Gasteiger partial charge in [-0.05, 0) is 38.3 Å². The number of nitrogens with one attached hydrogen (secondary N) is 2. The summed E-state index contributed by atoms with van der Waals surface area (Å²) in [6, 6.07) is 6.61. The van der Waals surface area contributed by atoms with Gasteiger partial charge in [-0.25, -0.2) is 0 Å². The highest BCUT2D eigenvalue weighted by atomic mass is 16.5. The smallest absolute Gasteiger partial charge is 0.223 e. The van der Waals surface area contributed by atoms with Crippen molar-refractivity contribution in [3.63, 3.8) is 0 Å². The van der Waals surface area contributed by atoms with Gasteiger partial charge in [-0.3, -0.25) is 9.78 Å². The van der Waals surface area contributed by atoms with Crippen LogP contribution < -0.4 is 10.6 Å². The third kappa shape index (κ3) is 5.74. The summed E-state index contributed by atoms with van der Waals surface area (Å²) in [4.78, 5) is 19.8. The number of carbonyl (C=O) groups excluding carboxylic acids is 1.